The number of nitrogens with zero attached hydrogens (tertiary/aromatic N) is 1. The molecule has 1 fully saturated rings. The molecule has 86 valence electrons. The highest BCUT2D eigenvalue weighted by Crippen LogP contribution is 2.14. The first-order valence-corrected chi connectivity index (χ1v) is 5.72. The molecule has 1 N–H and O–H groups in total. The molecule has 1 rings (SSSR count). The third-order valence-electron chi connectivity index (χ3n) is 2.88. The third-order valence-corrected chi connectivity index (χ3v) is 2.88. The number of urea groups is 1. The third kappa shape index (κ3) is 2.70. The van der Waals surface area contributed by atoms with Gasteiger partial charge >= 0.3 is 6.03 Å². The number of hydrogen-bond donors (Lipinski definition) is 1. The van der Waals surface area contributed by atoms with Gasteiger partial charge < -0.3 is 5.32 Å². The van der Waals surface area contributed by atoms with Gasteiger partial charge in [-0.05, 0) is 12.3 Å². The summed E-state index contributed by atoms with van der Waals surface area (Å²) in [7, 11) is 0. The quantitative estimate of drug-likeness (QED) is 0.706. The van der Waals surface area contributed by atoms with Crippen LogP contribution in [0.2, 0.25) is 0 Å². The highest BCUT2D eigenvalue weighted by atomic mass is 16.2. The van der Waals surface area contributed by atoms with Crippen LogP contribution in [-0.4, -0.2) is 29.4 Å². The second-order valence-electron chi connectivity index (χ2n) is 4.25. The van der Waals surface area contributed by atoms with Gasteiger partial charge in [0.05, 0.1) is 0 Å². The van der Waals surface area contributed by atoms with Crippen LogP contribution in [0.5, 0.6) is 0 Å². The van der Waals surface area contributed by atoms with Crippen molar-refractivity contribution in [2.75, 3.05) is 6.54 Å². The summed E-state index contributed by atoms with van der Waals surface area (Å²) < 4.78 is 0. The SMILES string of the molecule is CCCC1NC(=O)N(CC(C)CC)C1=O. The molecule has 1 aliphatic heterocycles. The summed E-state index contributed by atoms with van der Waals surface area (Å²) in [6, 6.07) is -0.509. The Bertz CT molecular complexity index is 253. The van der Waals surface area contributed by atoms with Gasteiger partial charge in [-0.15, -0.1) is 0 Å². The maximum atomic E-state index is 11.8. The van der Waals surface area contributed by atoms with Crippen LogP contribution in [-0.2, 0) is 4.79 Å². The number of rotatable bonds is 5. The van der Waals surface area contributed by atoms with Gasteiger partial charge in [-0.25, -0.2) is 4.79 Å². The minimum Gasteiger partial charge on any atom is -0.326 e. The fourth-order valence-electron chi connectivity index (χ4n) is 1.67. The average Bonchev–Trinajstić information content (AvgIpc) is 2.46. The Morgan fingerprint density at radius 1 is 1.40 bits per heavy atom. The number of imide groups is 1. The Hall–Kier alpha value is -1.06. The standard InChI is InChI=1S/C11H20N2O2/c1-4-6-9-10(14)13(11(15)12-9)7-8(3)5-2/h8-9H,4-7H2,1-3H3,(H,12,15). The molecule has 1 aliphatic rings. The summed E-state index contributed by atoms with van der Waals surface area (Å²) in [4.78, 5) is 24.7. The van der Waals surface area contributed by atoms with Crippen molar-refractivity contribution in [2.24, 2.45) is 5.92 Å². The monoisotopic (exact) mass is 212 g/mol. The van der Waals surface area contributed by atoms with Crippen LogP contribution in [0, 0.1) is 5.92 Å². The summed E-state index contributed by atoms with van der Waals surface area (Å²) in [6.07, 6.45) is 2.63. The van der Waals surface area contributed by atoms with Gasteiger partial charge in [0.1, 0.15) is 6.04 Å². The predicted octanol–water partition coefficient (Wildman–Crippen LogP) is 1.75. The van der Waals surface area contributed by atoms with Crippen molar-refractivity contribution in [3.63, 3.8) is 0 Å². The molecule has 15 heavy (non-hydrogen) atoms. The van der Waals surface area contributed by atoms with Crippen LogP contribution < -0.4 is 5.32 Å². The molecule has 1 heterocycles. The van der Waals surface area contributed by atoms with Crippen LogP contribution in [0.4, 0.5) is 4.79 Å². The topological polar surface area (TPSA) is 49.4 Å². The van der Waals surface area contributed by atoms with E-state index in [0.717, 1.165) is 19.3 Å². The molecular formula is C11H20N2O2. The Kier molecular flexibility index (Phi) is 4.12. The van der Waals surface area contributed by atoms with Crippen molar-refractivity contribution in [3.05, 3.63) is 0 Å². The fourth-order valence-corrected chi connectivity index (χ4v) is 1.67. The Labute approximate surface area is 91.0 Å². The summed E-state index contributed by atoms with van der Waals surface area (Å²) in [5.41, 5.74) is 0. The molecule has 0 aromatic carbocycles. The second-order valence-corrected chi connectivity index (χ2v) is 4.25. The Morgan fingerprint density at radius 2 is 2.07 bits per heavy atom. The first-order valence-electron chi connectivity index (χ1n) is 5.72. The van der Waals surface area contributed by atoms with E-state index in [1.54, 1.807) is 0 Å². The van der Waals surface area contributed by atoms with Crippen LogP contribution >= 0.6 is 0 Å². The van der Waals surface area contributed by atoms with Gasteiger partial charge in [0.25, 0.3) is 5.91 Å². The highest BCUT2D eigenvalue weighted by molar-refractivity contribution is 6.04. The maximum Gasteiger partial charge on any atom is 0.324 e. The second kappa shape index (κ2) is 5.14. The minimum absolute atomic E-state index is 0.0536. The van der Waals surface area contributed by atoms with Crippen molar-refractivity contribution in [2.45, 2.75) is 46.1 Å². The van der Waals surface area contributed by atoms with Crippen molar-refractivity contribution >= 4 is 11.9 Å². The first-order chi connectivity index (χ1) is 7.10. The molecule has 2 unspecified atom stereocenters. The van der Waals surface area contributed by atoms with E-state index in [-0.39, 0.29) is 18.0 Å². The first kappa shape index (κ1) is 12.0. The summed E-state index contributed by atoms with van der Waals surface area (Å²) in [5.74, 6) is 0.322. The average molecular weight is 212 g/mol. The van der Waals surface area contributed by atoms with Gasteiger partial charge in [0, 0.05) is 6.54 Å². The van der Waals surface area contributed by atoms with E-state index in [4.69, 9.17) is 0 Å². The molecule has 3 amide bonds. The lowest BCUT2D eigenvalue weighted by atomic mass is 10.1. The van der Waals surface area contributed by atoms with Gasteiger partial charge in [-0.2, -0.15) is 0 Å². The molecule has 0 bridgehead atoms. The summed E-state index contributed by atoms with van der Waals surface area (Å²) in [5, 5.41) is 2.72. The van der Waals surface area contributed by atoms with E-state index in [9.17, 15) is 9.59 Å². The number of hydrogen-bond acceptors (Lipinski definition) is 2. The lowest BCUT2D eigenvalue weighted by Crippen LogP contribution is -2.35. The summed E-state index contributed by atoms with van der Waals surface area (Å²) in [6.45, 7) is 6.67. The molecule has 0 aromatic rings. The van der Waals surface area contributed by atoms with E-state index >= 15 is 0 Å². The normalized spacial score (nSPS) is 23.1. The van der Waals surface area contributed by atoms with Crippen LogP contribution in [0.25, 0.3) is 0 Å². The molecule has 4 heteroatoms. The zero-order valence-electron chi connectivity index (χ0n) is 9.75. The van der Waals surface area contributed by atoms with Crippen molar-refractivity contribution in [1.82, 2.24) is 10.2 Å². The Morgan fingerprint density at radius 3 is 2.60 bits per heavy atom. The number of carbonyl (C=O) groups excluding carboxylic acids is 2. The molecule has 0 aromatic heterocycles. The van der Waals surface area contributed by atoms with Gasteiger partial charge in [0.2, 0.25) is 0 Å². The van der Waals surface area contributed by atoms with E-state index in [0.29, 0.717) is 12.5 Å². The Balaban J connectivity index is 2.58. The zero-order valence-corrected chi connectivity index (χ0v) is 9.75. The van der Waals surface area contributed by atoms with Crippen LogP contribution in [0.1, 0.15) is 40.0 Å². The van der Waals surface area contributed by atoms with Gasteiger partial charge in [-0.3, -0.25) is 9.69 Å². The van der Waals surface area contributed by atoms with Crippen molar-refractivity contribution in [3.8, 4) is 0 Å². The number of nitrogens with one attached hydrogen (secondary N) is 1. The van der Waals surface area contributed by atoms with E-state index in [1.807, 2.05) is 13.8 Å². The molecule has 2 atom stereocenters. The van der Waals surface area contributed by atoms with Crippen molar-refractivity contribution < 1.29 is 9.59 Å². The molecule has 4 nitrogen and oxygen atoms in total. The highest BCUT2D eigenvalue weighted by Gasteiger charge is 2.37. The van der Waals surface area contributed by atoms with Gasteiger partial charge in [-0.1, -0.05) is 33.6 Å². The van der Waals surface area contributed by atoms with E-state index in [2.05, 4.69) is 12.2 Å². The van der Waals surface area contributed by atoms with Crippen molar-refractivity contribution in [1.29, 1.82) is 0 Å². The van der Waals surface area contributed by atoms with Gasteiger partial charge in [0.15, 0.2) is 0 Å². The van der Waals surface area contributed by atoms with E-state index in [1.165, 1.54) is 4.90 Å². The number of carbonyl (C=O) groups is 2. The lowest BCUT2D eigenvalue weighted by Gasteiger charge is -2.16. The zero-order chi connectivity index (χ0) is 11.4. The maximum absolute atomic E-state index is 11.8. The smallest absolute Gasteiger partial charge is 0.324 e. The molecule has 0 radical (unpaired) electrons. The molecule has 0 aliphatic carbocycles. The summed E-state index contributed by atoms with van der Waals surface area (Å²) >= 11 is 0. The molecule has 0 saturated carbocycles. The number of amides is 3. The molecule has 0 spiro atoms. The van der Waals surface area contributed by atoms with Crippen LogP contribution in [0.3, 0.4) is 0 Å². The largest absolute Gasteiger partial charge is 0.326 e. The fraction of sp³-hybridized carbons (Fsp3) is 0.818. The predicted molar refractivity (Wildman–Crippen MR) is 58.4 cm³/mol. The molecule has 1 saturated heterocycles. The van der Waals surface area contributed by atoms with E-state index < -0.39 is 0 Å². The minimum atomic E-state index is -0.286. The lowest BCUT2D eigenvalue weighted by molar-refractivity contribution is -0.128. The van der Waals surface area contributed by atoms with Crippen LogP contribution in [0.15, 0.2) is 0 Å². The molecular weight excluding hydrogens is 192 g/mol.